The van der Waals surface area contributed by atoms with Crippen LogP contribution in [0.3, 0.4) is 0 Å². The SMILES string of the molecule is COc1ccccc1CCNC(=O)c1ccc(Nc2ccccc2C(C)C)cn1. The molecule has 1 aromatic heterocycles. The quantitative estimate of drug-likeness (QED) is 0.573. The van der Waals surface area contributed by atoms with Crippen LogP contribution in [0.2, 0.25) is 0 Å². The van der Waals surface area contributed by atoms with Gasteiger partial charge in [-0.05, 0) is 47.7 Å². The van der Waals surface area contributed by atoms with Gasteiger partial charge in [-0.2, -0.15) is 0 Å². The van der Waals surface area contributed by atoms with E-state index in [2.05, 4.69) is 35.5 Å². The molecule has 3 aromatic rings. The number of amides is 1. The molecule has 0 bridgehead atoms. The van der Waals surface area contributed by atoms with E-state index in [1.165, 1.54) is 5.56 Å². The fraction of sp³-hybridized carbons (Fsp3) is 0.250. The lowest BCUT2D eigenvalue weighted by Gasteiger charge is -2.14. The van der Waals surface area contributed by atoms with Gasteiger partial charge in [-0.25, -0.2) is 4.98 Å². The molecular weight excluding hydrogens is 362 g/mol. The highest BCUT2D eigenvalue weighted by Gasteiger charge is 2.09. The molecule has 2 N–H and O–H groups in total. The fourth-order valence-electron chi connectivity index (χ4n) is 3.18. The maximum atomic E-state index is 12.4. The number of anilines is 2. The monoisotopic (exact) mass is 389 g/mol. The van der Waals surface area contributed by atoms with Crippen molar-refractivity contribution in [3.8, 4) is 5.75 Å². The Balaban J connectivity index is 1.58. The van der Waals surface area contributed by atoms with E-state index in [9.17, 15) is 4.79 Å². The summed E-state index contributed by atoms with van der Waals surface area (Å²) in [4.78, 5) is 16.7. The molecule has 3 rings (SSSR count). The normalized spacial score (nSPS) is 10.6. The second-order valence-corrected chi connectivity index (χ2v) is 7.12. The van der Waals surface area contributed by atoms with Crippen molar-refractivity contribution >= 4 is 17.3 Å². The van der Waals surface area contributed by atoms with Crippen LogP contribution in [0.4, 0.5) is 11.4 Å². The molecule has 0 aliphatic carbocycles. The third-order valence-electron chi connectivity index (χ3n) is 4.73. The summed E-state index contributed by atoms with van der Waals surface area (Å²) >= 11 is 0. The van der Waals surface area contributed by atoms with Crippen LogP contribution < -0.4 is 15.4 Å². The third-order valence-corrected chi connectivity index (χ3v) is 4.73. The van der Waals surface area contributed by atoms with Gasteiger partial charge in [0.15, 0.2) is 0 Å². The Labute approximate surface area is 172 Å². The number of rotatable bonds is 8. The van der Waals surface area contributed by atoms with Crippen LogP contribution in [0.1, 0.15) is 41.4 Å². The maximum Gasteiger partial charge on any atom is 0.269 e. The molecule has 5 heteroatoms. The minimum atomic E-state index is -0.186. The van der Waals surface area contributed by atoms with Crippen molar-refractivity contribution in [3.05, 3.63) is 83.7 Å². The Kier molecular flexibility index (Phi) is 6.85. The minimum Gasteiger partial charge on any atom is -0.496 e. The van der Waals surface area contributed by atoms with Crippen LogP contribution in [0.25, 0.3) is 0 Å². The summed E-state index contributed by atoms with van der Waals surface area (Å²) in [5.41, 5.74) is 4.60. The van der Waals surface area contributed by atoms with E-state index in [0.717, 1.165) is 22.7 Å². The molecule has 0 radical (unpaired) electrons. The molecule has 0 saturated carbocycles. The highest BCUT2D eigenvalue weighted by Crippen LogP contribution is 2.26. The number of para-hydroxylation sites is 2. The molecule has 5 nitrogen and oxygen atoms in total. The van der Waals surface area contributed by atoms with E-state index < -0.39 is 0 Å². The van der Waals surface area contributed by atoms with Gasteiger partial charge in [0.1, 0.15) is 11.4 Å². The molecule has 1 heterocycles. The maximum absolute atomic E-state index is 12.4. The Hall–Kier alpha value is -3.34. The fourth-order valence-corrected chi connectivity index (χ4v) is 3.18. The molecular formula is C24H27N3O2. The van der Waals surface area contributed by atoms with Crippen molar-refractivity contribution in [3.63, 3.8) is 0 Å². The molecule has 150 valence electrons. The lowest BCUT2D eigenvalue weighted by Crippen LogP contribution is -2.26. The topological polar surface area (TPSA) is 63.2 Å². The molecule has 0 spiro atoms. The van der Waals surface area contributed by atoms with Crippen LogP contribution in [0.5, 0.6) is 5.75 Å². The van der Waals surface area contributed by atoms with Crippen LogP contribution in [-0.4, -0.2) is 24.5 Å². The second kappa shape index (κ2) is 9.73. The number of carbonyl (C=O) groups is 1. The first-order valence-corrected chi connectivity index (χ1v) is 9.80. The zero-order valence-corrected chi connectivity index (χ0v) is 17.1. The summed E-state index contributed by atoms with van der Waals surface area (Å²) in [6, 6.07) is 19.6. The number of hydrogen-bond acceptors (Lipinski definition) is 4. The van der Waals surface area contributed by atoms with Gasteiger partial charge in [0, 0.05) is 12.2 Å². The number of benzene rings is 2. The number of hydrogen-bond donors (Lipinski definition) is 2. The van der Waals surface area contributed by atoms with Crippen LogP contribution in [0.15, 0.2) is 66.9 Å². The molecule has 0 atom stereocenters. The summed E-state index contributed by atoms with van der Waals surface area (Å²) in [6.45, 7) is 4.84. The zero-order valence-electron chi connectivity index (χ0n) is 17.1. The van der Waals surface area contributed by atoms with Crippen molar-refractivity contribution in [2.45, 2.75) is 26.2 Å². The first-order chi connectivity index (χ1) is 14.1. The lowest BCUT2D eigenvalue weighted by molar-refractivity contribution is 0.0949. The molecule has 1 amide bonds. The molecule has 0 saturated heterocycles. The average Bonchev–Trinajstić information content (AvgIpc) is 2.74. The summed E-state index contributed by atoms with van der Waals surface area (Å²) in [5.74, 6) is 1.06. The highest BCUT2D eigenvalue weighted by molar-refractivity contribution is 5.92. The van der Waals surface area contributed by atoms with Crippen LogP contribution in [-0.2, 0) is 6.42 Å². The number of nitrogens with one attached hydrogen (secondary N) is 2. The standard InChI is InChI=1S/C24H27N3O2/c1-17(2)20-9-5-6-10-21(20)27-19-12-13-22(26-16-19)24(28)25-15-14-18-8-4-7-11-23(18)29-3/h4-13,16-17,27H,14-15H2,1-3H3,(H,25,28). The number of pyridine rings is 1. The zero-order chi connectivity index (χ0) is 20.6. The molecule has 0 aliphatic rings. The third kappa shape index (κ3) is 5.35. The average molecular weight is 389 g/mol. The van der Waals surface area contributed by atoms with Gasteiger partial charge in [0.05, 0.1) is 19.0 Å². The van der Waals surface area contributed by atoms with Crippen LogP contribution in [0, 0.1) is 0 Å². The Bertz CT molecular complexity index is 952. The summed E-state index contributed by atoms with van der Waals surface area (Å²) < 4.78 is 5.34. The lowest BCUT2D eigenvalue weighted by atomic mass is 10.0. The van der Waals surface area contributed by atoms with E-state index in [-0.39, 0.29) is 5.91 Å². The van der Waals surface area contributed by atoms with Gasteiger partial charge < -0.3 is 15.4 Å². The first kappa shape index (κ1) is 20.4. The predicted molar refractivity (Wildman–Crippen MR) is 117 cm³/mol. The first-order valence-electron chi connectivity index (χ1n) is 9.80. The minimum absolute atomic E-state index is 0.186. The van der Waals surface area contributed by atoms with Gasteiger partial charge in [0.2, 0.25) is 0 Å². The van der Waals surface area contributed by atoms with Gasteiger partial charge in [0.25, 0.3) is 5.91 Å². The van der Waals surface area contributed by atoms with Crippen molar-refractivity contribution < 1.29 is 9.53 Å². The Morgan fingerprint density at radius 1 is 1.03 bits per heavy atom. The Morgan fingerprint density at radius 3 is 2.52 bits per heavy atom. The van der Waals surface area contributed by atoms with Crippen LogP contribution >= 0.6 is 0 Å². The number of ether oxygens (including phenoxy) is 1. The second-order valence-electron chi connectivity index (χ2n) is 7.12. The molecule has 29 heavy (non-hydrogen) atoms. The molecule has 0 aliphatic heterocycles. The van der Waals surface area contributed by atoms with Gasteiger partial charge in [-0.15, -0.1) is 0 Å². The summed E-state index contributed by atoms with van der Waals surface area (Å²) in [7, 11) is 1.65. The van der Waals surface area contributed by atoms with Crippen molar-refractivity contribution in [2.24, 2.45) is 0 Å². The molecule has 0 unspecified atom stereocenters. The highest BCUT2D eigenvalue weighted by atomic mass is 16.5. The molecule has 0 fully saturated rings. The van der Waals surface area contributed by atoms with E-state index in [1.807, 2.05) is 48.5 Å². The summed E-state index contributed by atoms with van der Waals surface area (Å²) in [6.07, 6.45) is 2.38. The van der Waals surface area contributed by atoms with E-state index >= 15 is 0 Å². The van der Waals surface area contributed by atoms with Gasteiger partial charge >= 0.3 is 0 Å². The van der Waals surface area contributed by atoms with Crippen molar-refractivity contribution in [2.75, 3.05) is 19.0 Å². The largest absolute Gasteiger partial charge is 0.496 e. The number of methoxy groups -OCH3 is 1. The van der Waals surface area contributed by atoms with Gasteiger partial charge in [-0.1, -0.05) is 50.2 Å². The Morgan fingerprint density at radius 2 is 1.79 bits per heavy atom. The molecule has 2 aromatic carbocycles. The predicted octanol–water partition coefficient (Wildman–Crippen LogP) is 4.93. The number of carbonyl (C=O) groups excluding carboxylic acids is 1. The number of aromatic nitrogens is 1. The number of nitrogens with zero attached hydrogens (tertiary/aromatic N) is 1. The van der Waals surface area contributed by atoms with E-state index in [0.29, 0.717) is 24.6 Å². The summed E-state index contributed by atoms with van der Waals surface area (Å²) in [5, 5.41) is 6.30. The smallest absolute Gasteiger partial charge is 0.269 e. The van der Waals surface area contributed by atoms with Crippen molar-refractivity contribution in [1.29, 1.82) is 0 Å². The van der Waals surface area contributed by atoms with E-state index in [4.69, 9.17) is 4.74 Å². The van der Waals surface area contributed by atoms with E-state index in [1.54, 1.807) is 19.4 Å². The van der Waals surface area contributed by atoms with Crippen molar-refractivity contribution in [1.82, 2.24) is 10.3 Å². The van der Waals surface area contributed by atoms with Gasteiger partial charge in [-0.3, -0.25) is 4.79 Å².